The largest absolute Gasteiger partial charge is 0.493 e. The van der Waals surface area contributed by atoms with Crippen molar-refractivity contribution in [3.05, 3.63) is 29.8 Å². The zero-order chi connectivity index (χ0) is 18.9. The minimum atomic E-state index is -2.97. The summed E-state index contributed by atoms with van der Waals surface area (Å²) in [6.07, 6.45) is 5.76. The number of benzene rings is 1. The smallest absolute Gasteiger partial charge is 0.387 e. The number of amides is 1. The number of ether oxygens (including phenoxy) is 2. The third-order valence-electron chi connectivity index (χ3n) is 4.32. The molecule has 26 heavy (non-hydrogen) atoms. The van der Waals surface area contributed by atoms with Crippen molar-refractivity contribution in [1.82, 2.24) is 10.2 Å². The molecule has 1 fully saturated rings. The monoisotopic (exact) mass is 368 g/mol. The molecule has 0 spiro atoms. The van der Waals surface area contributed by atoms with Crippen LogP contribution in [-0.2, 0) is 4.79 Å². The molecule has 0 saturated carbocycles. The lowest BCUT2D eigenvalue weighted by Crippen LogP contribution is -2.44. The van der Waals surface area contributed by atoms with Gasteiger partial charge in [0.2, 0.25) is 5.91 Å². The number of para-hydroxylation sites is 1. The molecule has 144 valence electrons. The molecule has 5 nitrogen and oxygen atoms in total. The van der Waals surface area contributed by atoms with Crippen molar-refractivity contribution in [2.24, 2.45) is 0 Å². The van der Waals surface area contributed by atoms with Crippen LogP contribution in [0, 0.1) is 0 Å². The number of hydrogen-bond donors (Lipinski definition) is 1. The van der Waals surface area contributed by atoms with Gasteiger partial charge in [-0.2, -0.15) is 8.78 Å². The van der Waals surface area contributed by atoms with Crippen molar-refractivity contribution in [1.29, 1.82) is 0 Å². The quantitative estimate of drug-likeness (QED) is 0.716. The first-order valence-corrected chi connectivity index (χ1v) is 8.86. The van der Waals surface area contributed by atoms with Crippen molar-refractivity contribution in [3.63, 3.8) is 0 Å². The van der Waals surface area contributed by atoms with Crippen LogP contribution < -0.4 is 14.8 Å². The molecule has 0 aliphatic carbocycles. The third kappa shape index (κ3) is 5.98. The lowest BCUT2D eigenvalue weighted by Gasteiger charge is -2.31. The van der Waals surface area contributed by atoms with Gasteiger partial charge in [0.1, 0.15) is 0 Å². The molecule has 1 N–H and O–H groups in total. The number of halogens is 2. The minimum Gasteiger partial charge on any atom is -0.493 e. The number of methoxy groups -OCH3 is 1. The van der Waals surface area contributed by atoms with Crippen molar-refractivity contribution in [2.45, 2.75) is 38.8 Å². The molecule has 1 heterocycles. The van der Waals surface area contributed by atoms with E-state index in [2.05, 4.69) is 21.9 Å². The summed E-state index contributed by atoms with van der Waals surface area (Å²) in [5.41, 5.74) is 0.359. The minimum absolute atomic E-state index is 0.0816. The fraction of sp³-hybridized carbons (Fsp3) is 0.526. The summed E-state index contributed by atoms with van der Waals surface area (Å²) >= 11 is 0. The summed E-state index contributed by atoms with van der Waals surface area (Å²) in [6, 6.07) is 4.91. The lowest BCUT2D eigenvalue weighted by molar-refractivity contribution is -0.117. The number of alkyl halides is 2. The van der Waals surface area contributed by atoms with Gasteiger partial charge in [0, 0.05) is 30.8 Å². The Labute approximate surface area is 153 Å². The van der Waals surface area contributed by atoms with Crippen molar-refractivity contribution >= 4 is 12.0 Å². The zero-order valence-corrected chi connectivity index (χ0v) is 15.2. The van der Waals surface area contributed by atoms with Gasteiger partial charge in [0.05, 0.1) is 7.11 Å². The van der Waals surface area contributed by atoms with Gasteiger partial charge in [0.25, 0.3) is 0 Å². The second kappa shape index (κ2) is 10.1. The average molecular weight is 368 g/mol. The molecule has 1 amide bonds. The normalized spacial score (nSPS) is 16.2. The lowest BCUT2D eigenvalue weighted by atomic mass is 10.0. The van der Waals surface area contributed by atoms with E-state index in [-0.39, 0.29) is 23.4 Å². The summed E-state index contributed by atoms with van der Waals surface area (Å²) in [7, 11) is 1.37. The molecule has 2 rings (SSSR count). The molecule has 0 bridgehead atoms. The van der Waals surface area contributed by atoms with E-state index in [1.807, 2.05) is 0 Å². The molecule has 1 aromatic carbocycles. The van der Waals surface area contributed by atoms with E-state index in [1.54, 1.807) is 12.1 Å². The van der Waals surface area contributed by atoms with E-state index in [0.29, 0.717) is 5.56 Å². The van der Waals surface area contributed by atoms with Crippen LogP contribution in [0.5, 0.6) is 11.5 Å². The Morgan fingerprint density at radius 2 is 2.12 bits per heavy atom. The van der Waals surface area contributed by atoms with Crippen molar-refractivity contribution < 1.29 is 23.0 Å². The predicted octanol–water partition coefficient (Wildman–Crippen LogP) is 3.30. The van der Waals surface area contributed by atoms with Gasteiger partial charge >= 0.3 is 6.61 Å². The first-order chi connectivity index (χ1) is 12.5. The number of hydrogen-bond acceptors (Lipinski definition) is 4. The fourth-order valence-corrected chi connectivity index (χ4v) is 3.07. The van der Waals surface area contributed by atoms with Gasteiger partial charge in [0.15, 0.2) is 11.5 Å². The van der Waals surface area contributed by atoms with Crippen LogP contribution in [-0.4, -0.2) is 50.2 Å². The number of rotatable bonds is 8. The van der Waals surface area contributed by atoms with E-state index < -0.39 is 6.61 Å². The SMILES string of the molecule is CCCN1CCC(NC(=O)/C=C/c2cccc(OC)c2OC(F)F)CC1. The van der Waals surface area contributed by atoms with Crippen LogP contribution in [0.25, 0.3) is 6.08 Å². The molecule has 0 atom stereocenters. The summed E-state index contributed by atoms with van der Waals surface area (Å²) in [5, 5.41) is 2.97. The summed E-state index contributed by atoms with van der Waals surface area (Å²) in [6.45, 7) is 2.22. The van der Waals surface area contributed by atoms with Crippen LogP contribution in [0.1, 0.15) is 31.7 Å². The Kier molecular flexibility index (Phi) is 7.84. The molecule has 0 unspecified atom stereocenters. The van der Waals surface area contributed by atoms with Gasteiger partial charge in [-0.15, -0.1) is 0 Å². The molecule has 1 aliphatic heterocycles. The summed E-state index contributed by atoms with van der Waals surface area (Å²) in [5.74, 6) is -0.136. The maximum atomic E-state index is 12.6. The third-order valence-corrected chi connectivity index (χ3v) is 4.32. The topological polar surface area (TPSA) is 50.8 Å². The van der Waals surface area contributed by atoms with E-state index in [4.69, 9.17) is 4.74 Å². The molecule has 1 saturated heterocycles. The van der Waals surface area contributed by atoms with Crippen LogP contribution in [0.3, 0.4) is 0 Å². The van der Waals surface area contributed by atoms with E-state index >= 15 is 0 Å². The zero-order valence-electron chi connectivity index (χ0n) is 15.2. The summed E-state index contributed by atoms with van der Waals surface area (Å²) in [4.78, 5) is 14.5. The van der Waals surface area contributed by atoms with Gasteiger partial charge in [-0.3, -0.25) is 4.79 Å². The number of piperidine rings is 1. The Bertz CT molecular complexity index is 615. The van der Waals surface area contributed by atoms with Gasteiger partial charge < -0.3 is 19.7 Å². The van der Waals surface area contributed by atoms with Crippen LogP contribution in [0.2, 0.25) is 0 Å². The molecule has 7 heteroatoms. The second-order valence-electron chi connectivity index (χ2n) is 6.21. The Morgan fingerprint density at radius 3 is 2.73 bits per heavy atom. The van der Waals surface area contributed by atoms with E-state index in [1.165, 1.54) is 25.3 Å². The maximum absolute atomic E-state index is 12.6. The highest BCUT2D eigenvalue weighted by atomic mass is 19.3. The standard InChI is InChI=1S/C19H26F2N2O3/c1-3-11-23-12-9-15(10-13-23)22-17(24)8-7-14-5-4-6-16(25-2)18(14)26-19(20)21/h4-8,15,19H,3,9-13H2,1-2H3,(H,22,24)/b8-7+. The number of carbonyl (C=O) groups is 1. The number of carbonyl (C=O) groups excluding carboxylic acids is 1. The van der Waals surface area contributed by atoms with Gasteiger partial charge in [-0.1, -0.05) is 19.1 Å². The number of nitrogens with one attached hydrogen (secondary N) is 1. The first-order valence-electron chi connectivity index (χ1n) is 8.86. The van der Waals surface area contributed by atoms with E-state index in [0.717, 1.165) is 38.9 Å². The Balaban J connectivity index is 1.96. The highest BCUT2D eigenvalue weighted by molar-refractivity contribution is 5.92. The second-order valence-corrected chi connectivity index (χ2v) is 6.21. The highest BCUT2D eigenvalue weighted by Gasteiger charge is 2.19. The number of likely N-dealkylation sites (tertiary alicyclic amines) is 1. The summed E-state index contributed by atoms with van der Waals surface area (Å²) < 4.78 is 34.8. The molecule has 0 radical (unpaired) electrons. The van der Waals surface area contributed by atoms with Crippen LogP contribution in [0.15, 0.2) is 24.3 Å². The van der Waals surface area contributed by atoms with Crippen LogP contribution >= 0.6 is 0 Å². The van der Waals surface area contributed by atoms with Crippen molar-refractivity contribution in [3.8, 4) is 11.5 Å². The van der Waals surface area contributed by atoms with Crippen LogP contribution in [0.4, 0.5) is 8.78 Å². The van der Waals surface area contributed by atoms with E-state index in [9.17, 15) is 13.6 Å². The highest BCUT2D eigenvalue weighted by Crippen LogP contribution is 2.33. The van der Waals surface area contributed by atoms with Gasteiger partial charge in [-0.05, 0) is 37.9 Å². The average Bonchev–Trinajstić information content (AvgIpc) is 2.62. The Morgan fingerprint density at radius 1 is 1.38 bits per heavy atom. The van der Waals surface area contributed by atoms with Gasteiger partial charge in [-0.25, -0.2) is 0 Å². The maximum Gasteiger partial charge on any atom is 0.387 e. The molecular formula is C19H26F2N2O3. The predicted molar refractivity (Wildman–Crippen MR) is 96.6 cm³/mol. The first kappa shape index (κ1) is 20.2. The molecule has 1 aliphatic rings. The number of nitrogens with zero attached hydrogens (tertiary/aromatic N) is 1. The molecule has 0 aromatic heterocycles. The molecule has 1 aromatic rings. The molecular weight excluding hydrogens is 342 g/mol. The Hall–Kier alpha value is -2.15. The van der Waals surface area contributed by atoms with Crippen molar-refractivity contribution in [2.75, 3.05) is 26.7 Å². The fourth-order valence-electron chi connectivity index (χ4n) is 3.07.